The van der Waals surface area contributed by atoms with E-state index >= 15 is 0 Å². The minimum atomic E-state index is -4.40. The average molecular weight is 414 g/mol. The summed E-state index contributed by atoms with van der Waals surface area (Å²) < 4.78 is 38.5. The molecule has 0 aliphatic carbocycles. The zero-order valence-electron chi connectivity index (χ0n) is 15.2. The Labute approximate surface area is 170 Å². The van der Waals surface area contributed by atoms with Gasteiger partial charge in [0.25, 0.3) is 0 Å². The van der Waals surface area contributed by atoms with Crippen molar-refractivity contribution in [2.75, 3.05) is 0 Å². The summed E-state index contributed by atoms with van der Waals surface area (Å²) in [6, 6.07) is 18.7. The van der Waals surface area contributed by atoms with Gasteiger partial charge < -0.3 is 5.73 Å². The molecule has 0 atom stereocenters. The molecule has 1 heterocycles. The summed E-state index contributed by atoms with van der Waals surface area (Å²) in [5.41, 5.74) is 7.81. The van der Waals surface area contributed by atoms with E-state index in [1.54, 1.807) is 24.3 Å². The first kappa shape index (κ1) is 20.6. The Kier molecular flexibility index (Phi) is 6.66. The molecular weight excluding hydrogens is 397 g/mol. The predicted molar refractivity (Wildman–Crippen MR) is 112 cm³/mol. The van der Waals surface area contributed by atoms with Crippen molar-refractivity contribution in [1.82, 2.24) is 4.98 Å². The van der Waals surface area contributed by atoms with E-state index in [0.717, 1.165) is 29.5 Å². The Balaban J connectivity index is 1.61. The molecule has 2 N–H and O–H groups in total. The molecule has 0 aliphatic rings. The fourth-order valence-electron chi connectivity index (χ4n) is 2.42. The second-order valence-electron chi connectivity index (χ2n) is 6.01. The van der Waals surface area contributed by atoms with E-state index in [-0.39, 0.29) is 5.69 Å². The van der Waals surface area contributed by atoms with Crippen molar-refractivity contribution in [3.63, 3.8) is 0 Å². The Hall–Kier alpha value is -3.13. The quantitative estimate of drug-likeness (QED) is 0.348. The minimum Gasteiger partial charge on any atom is -0.377 e. The fourth-order valence-corrected chi connectivity index (χ4v) is 3.03. The largest absolute Gasteiger partial charge is 0.416 e. The molecule has 3 aromatic rings. The Morgan fingerprint density at radius 3 is 2.45 bits per heavy atom. The second-order valence-corrected chi connectivity index (χ2v) is 7.00. The van der Waals surface area contributed by atoms with E-state index in [1.807, 2.05) is 30.3 Å². The molecule has 148 valence electrons. The van der Waals surface area contributed by atoms with Gasteiger partial charge in [-0.25, -0.2) is 0 Å². The lowest BCUT2D eigenvalue weighted by atomic mass is 10.1. The zero-order chi connectivity index (χ0) is 20.7. The summed E-state index contributed by atoms with van der Waals surface area (Å²) in [6.07, 6.45) is -1.72. The molecule has 29 heavy (non-hydrogen) atoms. The molecular formula is C21H17F3N4S. The van der Waals surface area contributed by atoms with Crippen molar-refractivity contribution in [3.8, 4) is 11.3 Å². The number of amidine groups is 1. The van der Waals surface area contributed by atoms with Crippen LogP contribution in [0.1, 0.15) is 16.7 Å². The Morgan fingerprint density at radius 2 is 1.76 bits per heavy atom. The first-order valence-corrected chi connectivity index (χ1v) is 9.57. The summed E-state index contributed by atoms with van der Waals surface area (Å²) in [5, 5.41) is 8.24. The normalized spacial score (nSPS) is 12.4. The third-order valence-electron chi connectivity index (χ3n) is 3.89. The summed E-state index contributed by atoms with van der Waals surface area (Å²) in [4.78, 5) is 4.01. The van der Waals surface area contributed by atoms with Gasteiger partial charge in [0.1, 0.15) is 0 Å². The first-order chi connectivity index (χ1) is 13.9. The molecule has 3 rings (SSSR count). The lowest BCUT2D eigenvalue weighted by Gasteiger charge is -2.08. The monoisotopic (exact) mass is 414 g/mol. The molecule has 0 bridgehead atoms. The van der Waals surface area contributed by atoms with Crippen molar-refractivity contribution in [1.29, 1.82) is 0 Å². The number of hydrogen-bond acceptors (Lipinski definition) is 4. The number of rotatable bonds is 5. The Morgan fingerprint density at radius 1 is 1.03 bits per heavy atom. The first-order valence-electron chi connectivity index (χ1n) is 8.59. The van der Waals surface area contributed by atoms with Gasteiger partial charge in [-0.2, -0.15) is 18.3 Å². The molecule has 0 unspecified atom stereocenters. The van der Waals surface area contributed by atoms with E-state index < -0.39 is 11.7 Å². The van der Waals surface area contributed by atoms with Crippen LogP contribution >= 0.6 is 11.8 Å². The van der Waals surface area contributed by atoms with Crippen molar-refractivity contribution in [3.05, 3.63) is 89.6 Å². The van der Waals surface area contributed by atoms with E-state index in [0.29, 0.717) is 16.5 Å². The number of nitrogens with zero attached hydrogens (tertiary/aromatic N) is 3. The molecule has 0 radical (unpaired) electrons. The van der Waals surface area contributed by atoms with Crippen LogP contribution in [-0.2, 0) is 11.9 Å². The van der Waals surface area contributed by atoms with Crippen LogP contribution in [0.25, 0.3) is 11.3 Å². The number of nitrogens with two attached hydrogens (primary N) is 1. The minimum absolute atomic E-state index is 0.253. The second kappa shape index (κ2) is 9.38. The topological polar surface area (TPSA) is 63.6 Å². The van der Waals surface area contributed by atoms with Crippen LogP contribution < -0.4 is 5.73 Å². The van der Waals surface area contributed by atoms with Crippen molar-refractivity contribution in [2.24, 2.45) is 15.9 Å². The lowest BCUT2D eigenvalue weighted by Crippen LogP contribution is -2.06. The van der Waals surface area contributed by atoms with Gasteiger partial charge in [0.15, 0.2) is 5.17 Å². The maximum atomic E-state index is 12.8. The van der Waals surface area contributed by atoms with Gasteiger partial charge in [-0.15, -0.1) is 5.10 Å². The third kappa shape index (κ3) is 6.18. The van der Waals surface area contributed by atoms with Gasteiger partial charge in [-0.05, 0) is 23.3 Å². The maximum absolute atomic E-state index is 12.8. The van der Waals surface area contributed by atoms with Gasteiger partial charge in [0.2, 0.25) is 0 Å². The van der Waals surface area contributed by atoms with Crippen LogP contribution in [0.2, 0.25) is 0 Å². The average Bonchev–Trinajstić information content (AvgIpc) is 2.73. The molecule has 1 aromatic heterocycles. The molecule has 2 aromatic carbocycles. The van der Waals surface area contributed by atoms with E-state index in [4.69, 9.17) is 5.73 Å². The highest BCUT2D eigenvalue weighted by atomic mass is 32.2. The van der Waals surface area contributed by atoms with Crippen molar-refractivity contribution in [2.45, 2.75) is 11.9 Å². The molecule has 0 fully saturated rings. The molecule has 0 aliphatic heterocycles. The van der Waals surface area contributed by atoms with E-state index in [2.05, 4.69) is 15.2 Å². The van der Waals surface area contributed by atoms with Gasteiger partial charge >= 0.3 is 6.18 Å². The maximum Gasteiger partial charge on any atom is 0.416 e. The van der Waals surface area contributed by atoms with E-state index in [9.17, 15) is 13.2 Å². The van der Waals surface area contributed by atoms with Crippen LogP contribution in [-0.4, -0.2) is 16.4 Å². The summed E-state index contributed by atoms with van der Waals surface area (Å²) in [6.45, 7) is 0. The number of halogens is 3. The summed E-state index contributed by atoms with van der Waals surface area (Å²) >= 11 is 1.38. The van der Waals surface area contributed by atoms with Gasteiger partial charge in [0, 0.05) is 17.5 Å². The summed E-state index contributed by atoms with van der Waals surface area (Å²) in [7, 11) is 0. The third-order valence-corrected chi connectivity index (χ3v) is 4.74. The fraction of sp³-hybridized carbons (Fsp3) is 0.0952. The number of aromatic nitrogens is 1. The van der Waals surface area contributed by atoms with Crippen molar-refractivity contribution >= 4 is 23.1 Å². The van der Waals surface area contributed by atoms with Gasteiger partial charge in [-0.1, -0.05) is 66.4 Å². The Bertz CT molecular complexity index is 1000. The number of benzene rings is 2. The van der Waals surface area contributed by atoms with E-state index in [1.165, 1.54) is 18.0 Å². The molecule has 0 spiro atoms. The standard InChI is InChI=1S/C21H17F3N4S/c22-21(23,24)18-10-11-26-19(12-18)17-8-6-15(7-9-17)13-27-28-20(25)29-14-16-4-2-1-3-5-16/h1-13H,14H2,(H2,25,28). The predicted octanol–water partition coefficient (Wildman–Crippen LogP) is 5.35. The lowest BCUT2D eigenvalue weighted by molar-refractivity contribution is -0.137. The molecule has 0 saturated heterocycles. The number of hydrogen-bond donors (Lipinski definition) is 1. The van der Waals surface area contributed by atoms with Crippen LogP contribution in [0, 0.1) is 0 Å². The number of thioether (sulfide) groups is 1. The van der Waals surface area contributed by atoms with Crippen molar-refractivity contribution < 1.29 is 13.2 Å². The highest BCUT2D eigenvalue weighted by Crippen LogP contribution is 2.31. The van der Waals surface area contributed by atoms with Crippen LogP contribution in [0.15, 0.2) is 83.1 Å². The smallest absolute Gasteiger partial charge is 0.377 e. The van der Waals surface area contributed by atoms with Gasteiger partial charge in [0.05, 0.1) is 17.5 Å². The molecule has 0 saturated carbocycles. The highest BCUT2D eigenvalue weighted by Gasteiger charge is 2.30. The molecule has 8 heteroatoms. The number of alkyl halides is 3. The molecule has 4 nitrogen and oxygen atoms in total. The molecule has 0 amide bonds. The number of pyridine rings is 1. The van der Waals surface area contributed by atoms with Crippen LogP contribution in [0.4, 0.5) is 13.2 Å². The zero-order valence-corrected chi connectivity index (χ0v) is 16.0. The van der Waals surface area contributed by atoms with Crippen LogP contribution in [0.3, 0.4) is 0 Å². The van der Waals surface area contributed by atoms with Crippen LogP contribution in [0.5, 0.6) is 0 Å². The SMILES string of the molecule is NC(=NN=Cc1ccc(-c2cc(C(F)(F)F)ccn2)cc1)SCc1ccccc1. The summed E-state index contributed by atoms with van der Waals surface area (Å²) in [5.74, 6) is 0.699. The highest BCUT2D eigenvalue weighted by molar-refractivity contribution is 8.13. The van der Waals surface area contributed by atoms with Gasteiger partial charge in [-0.3, -0.25) is 4.98 Å².